The van der Waals surface area contributed by atoms with Crippen molar-refractivity contribution in [3.05, 3.63) is 0 Å². The van der Waals surface area contributed by atoms with Crippen molar-refractivity contribution in [1.29, 1.82) is 0 Å². The van der Waals surface area contributed by atoms with Crippen LogP contribution in [0.3, 0.4) is 0 Å². The van der Waals surface area contributed by atoms with Crippen LogP contribution in [0.15, 0.2) is 10.1 Å². The SMILES string of the molecule is CCCN1N=C(C(C)(C)C)C[N+]2=C1N=C1C2C(=O)N(CCC)C(=O)N1C. The lowest BCUT2D eigenvalue weighted by atomic mass is 9.89. The average Bonchev–Trinajstić information content (AvgIpc) is 2.96. The number of carbonyl (C=O) groups is 2. The second kappa shape index (κ2) is 6.48. The summed E-state index contributed by atoms with van der Waals surface area (Å²) < 4.78 is 2.01. The van der Waals surface area contributed by atoms with Gasteiger partial charge in [0.15, 0.2) is 0 Å². The summed E-state index contributed by atoms with van der Waals surface area (Å²) >= 11 is 0. The van der Waals surface area contributed by atoms with Crippen LogP contribution >= 0.6 is 0 Å². The lowest BCUT2D eigenvalue weighted by Gasteiger charge is -2.35. The molecule has 1 atom stereocenters. The summed E-state index contributed by atoms with van der Waals surface area (Å²) in [4.78, 5) is 33.2. The Morgan fingerprint density at radius 2 is 1.81 bits per heavy atom. The van der Waals surface area contributed by atoms with Crippen LogP contribution < -0.4 is 0 Å². The van der Waals surface area contributed by atoms with Gasteiger partial charge in [-0.1, -0.05) is 39.6 Å². The highest BCUT2D eigenvalue weighted by Crippen LogP contribution is 2.27. The predicted octanol–water partition coefficient (Wildman–Crippen LogP) is 1.57. The maximum Gasteiger partial charge on any atom is 0.416 e. The number of rotatable bonds is 4. The molecule has 0 aliphatic carbocycles. The lowest BCUT2D eigenvalue weighted by molar-refractivity contribution is -0.528. The van der Waals surface area contributed by atoms with Gasteiger partial charge in [0.1, 0.15) is 6.54 Å². The van der Waals surface area contributed by atoms with Gasteiger partial charge in [-0.15, -0.1) is 10.1 Å². The molecule has 0 saturated carbocycles. The minimum atomic E-state index is -0.550. The third kappa shape index (κ3) is 2.81. The fourth-order valence-electron chi connectivity index (χ4n) is 3.44. The van der Waals surface area contributed by atoms with Gasteiger partial charge in [-0.2, -0.15) is 0 Å². The Morgan fingerprint density at radius 1 is 1.15 bits per heavy atom. The van der Waals surface area contributed by atoms with E-state index in [1.54, 1.807) is 7.05 Å². The molecule has 3 heterocycles. The standard InChI is InChI=1S/C18H29N6O2/c1-7-9-22-15(25)13-14(21(6)17(22)26)19-16-23(13)11-12(18(3,4)5)20-24(16)10-8-2/h13H,7-11H2,1-6H3/q+1. The molecule has 0 aromatic rings. The van der Waals surface area contributed by atoms with Crippen molar-refractivity contribution in [2.75, 3.05) is 26.7 Å². The van der Waals surface area contributed by atoms with Crippen molar-refractivity contribution in [3.8, 4) is 0 Å². The fraction of sp³-hybridized carbons (Fsp3) is 0.722. The van der Waals surface area contributed by atoms with E-state index in [-0.39, 0.29) is 17.4 Å². The summed E-state index contributed by atoms with van der Waals surface area (Å²) in [6, 6.07) is -0.849. The van der Waals surface area contributed by atoms with E-state index in [1.165, 1.54) is 9.80 Å². The minimum absolute atomic E-state index is 0.108. The topological polar surface area (TPSA) is 71.6 Å². The van der Waals surface area contributed by atoms with Crippen LogP contribution in [0.25, 0.3) is 0 Å². The average molecular weight is 361 g/mol. The first-order valence-corrected chi connectivity index (χ1v) is 9.37. The maximum atomic E-state index is 13.1. The van der Waals surface area contributed by atoms with Gasteiger partial charge < -0.3 is 0 Å². The lowest BCUT2D eigenvalue weighted by Crippen LogP contribution is -2.63. The summed E-state index contributed by atoms with van der Waals surface area (Å²) in [6.07, 6.45) is 1.65. The number of likely N-dealkylation sites (N-methyl/N-ethyl adjacent to an activating group) is 1. The van der Waals surface area contributed by atoms with Gasteiger partial charge in [-0.25, -0.2) is 9.37 Å². The maximum absolute atomic E-state index is 13.1. The number of hydrogen-bond donors (Lipinski definition) is 0. The summed E-state index contributed by atoms with van der Waals surface area (Å²) in [7, 11) is 1.69. The van der Waals surface area contributed by atoms with Crippen molar-refractivity contribution in [2.45, 2.75) is 53.5 Å². The molecule has 3 aliphatic heterocycles. The number of urea groups is 1. The number of hydrazone groups is 1. The zero-order chi connectivity index (χ0) is 19.2. The van der Waals surface area contributed by atoms with Crippen molar-refractivity contribution in [3.63, 3.8) is 0 Å². The van der Waals surface area contributed by atoms with Crippen molar-refractivity contribution < 1.29 is 14.2 Å². The first-order valence-electron chi connectivity index (χ1n) is 9.37. The van der Waals surface area contributed by atoms with Gasteiger partial charge in [0, 0.05) is 19.0 Å². The quantitative estimate of drug-likeness (QED) is 0.714. The molecule has 26 heavy (non-hydrogen) atoms. The van der Waals surface area contributed by atoms with Gasteiger partial charge in [0.2, 0.25) is 11.9 Å². The number of amides is 3. The third-order valence-corrected chi connectivity index (χ3v) is 4.93. The van der Waals surface area contributed by atoms with E-state index in [1.807, 2.05) is 16.5 Å². The van der Waals surface area contributed by atoms with Crippen molar-refractivity contribution in [1.82, 2.24) is 14.8 Å². The smallest absolute Gasteiger partial charge is 0.270 e. The van der Waals surface area contributed by atoms with Crippen LogP contribution in [0, 0.1) is 5.41 Å². The molecule has 142 valence electrons. The summed E-state index contributed by atoms with van der Waals surface area (Å²) in [5.74, 6) is 0.996. The van der Waals surface area contributed by atoms with Gasteiger partial charge in [0.05, 0.1) is 12.3 Å². The number of nitrogens with zero attached hydrogens (tertiary/aromatic N) is 6. The molecule has 8 nitrogen and oxygen atoms in total. The highest BCUT2D eigenvalue weighted by atomic mass is 16.2. The van der Waals surface area contributed by atoms with Crippen LogP contribution in [0.2, 0.25) is 0 Å². The molecule has 3 aliphatic rings. The van der Waals surface area contributed by atoms with Crippen LogP contribution in [0.4, 0.5) is 4.79 Å². The fourth-order valence-corrected chi connectivity index (χ4v) is 3.44. The molecule has 0 N–H and O–H groups in total. The number of hydrogen-bond acceptors (Lipinski definition) is 5. The highest BCUT2D eigenvalue weighted by molar-refractivity contribution is 6.23. The van der Waals surface area contributed by atoms with Crippen LogP contribution in [-0.2, 0) is 4.79 Å². The first kappa shape index (κ1) is 18.5. The van der Waals surface area contributed by atoms with E-state index in [2.05, 4.69) is 32.7 Å². The molecule has 8 heteroatoms. The summed E-state index contributed by atoms with van der Waals surface area (Å²) in [6.45, 7) is 12.1. The Balaban J connectivity index is 2.03. The number of guanidine groups is 1. The van der Waals surface area contributed by atoms with E-state index in [4.69, 9.17) is 5.10 Å². The Labute approximate surface area is 154 Å². The number of carbonyl (C=O) groups excluding carboxylic acids is 2. The van der Waals surface area contributed by atoms with Gasteiger partial charge >= 0.3 is 12.0 Å². The molecule has 3 amide bonds. The zero-order valence-electron chi connectivity index (χ0n) is 16.6. The summed E-state index contributed by atoms with van der Waals surface area (Å²) in [5.41, 5.74) is 0.906. The second-order valence-corrected chi connectivity index (χ2v) is 8.05. The Hall–Kier alpha value is -2.25. The van der Waals surface area contributed by atoms with E-state index in [0.29, 0.717) is 24.9 Å². The predicted molar refractivity (Wildman–Crippen MR) is 100 cm³/mol. The molecule has 0 bridgehead atoms. The second-order valence-electron chi connectivity index (χ2n) is 8.05. The highest BCUT2D eigenvalue weighted by Gasteiger charge is 2.54. The largest absolute Gasteiger partial charge is 0.416 e. The Bertz CT molecular complexity index is 730. The van der Waals surface area contributed by atoms with E-state index in [9.17, 15) is 9.59 Å². The van der Waals surface area contributed by atoms with Gasteiger partial charge in [0.25, 0.3) is 5.91 Å². The van der Waals surface area contributed by atoms with Crippen LogP contribution in [-0.4, -0.2) is 81.6 Å². The van der Waals surface area contributed by atoms with Crippen molar-refractivity contribution in [2.24, 2.45) is 15.5 Å². The molecule has 0 aromatic heterocycles. The van der Waals surface area contributed by atoms with E-state index in [0.717, 1.165) is 25.1 Å². The molecule has 0 spiro atoms. The number of amidine groups is 1. The third-order valence-electron chi connectivity index (χ3n) is 4.93. The zero-order valence-corrected chi connectivity index (χ0v) is 16.6. The number of aliphatic imine (C=N–C) groups is 1. The molecule has 3 rings (SSSR count). The normalized spacial score (nSPS) is 23.3. The molecule has 0 aromatic carbocycles. The van der Waals surface area contributed by atoms with Gasteiger partial charge in [-0.3, -0.25) is 14.6 Å². The number of imide groups is 1. The monoisotopic (exact) mass is 361 g/mol. The van der Waals surface area contributed by atoms with Crippen LogP contribution in [0.5, 0.6) is 0 Å². The first-order chi connectivity index (χ1) is 12.2. The molecule has 0 radical (unpaired) electrons. The molecular weight excluding hydrogens is 332 g/mol. The van der Waals surface area contributed by atoms with E-state index < -0.39 is 6.04 Å². The Kier molecular flexibility index (Phi) is 4.62. The molecular formula is C18H29N6O2+. The molecule has 1 saturated heterocycles. The van der Waals surface area contributed by atoms with Gasteiger partial charge in [-0.05, 0) is 12.8 Å². The van der Waals surface area contributed by atoms with E-state index >= 15 is 0 Å². The van der Waals surface area contributed by atoms with Crippen LogP contribution in [0.1, 0.15) is 47.5 Å². The Morgan fingerprint density at radius 3 is 2.38 bits per heavy atom. The molecule has 1 unspecified atom stereocenters. The summed E-state index contributed by atoms with van der Waals surface area (Å²) in [5, 5.41) is 6.68. The van der Waals surface area contributed by atoms with Crippen molar-refractivity contribution >= 4 is 29.4 Å². The number of fused-ring (bicyclic) bond motifs is 2. The minimum Gasteiger partial charge on any atom is -0.270 e. The molecule has 1 fully saturated rings.